The molecule has 0 aliphatic rings. The fourth-order valence-electron chi connectivity index (χ4n) is 1.10. The van der Waals surface area contributed by atoms with Gasteiger partial charge in [-0.2, -0.15) is 13.2 Å². The van der Waals surface area contributed by atoms with Gasteiger partial charge in [0.05, 0.1) is 11.1 Å². The topological polar surface area (TPSA) is 85.4 Å². The van der Waals surface area contributed by atoms with Gasteiger partial charge in [0.2, 0.25) is 0 Å². The van der Waals surface area contributed by atoms with E-state index in [2.05, 4.69) is 0 Å². The molecule has 0 bridgehead atoms. The van der Waals surface area contributed by atoms with Gasteiger partial charge in [-0.15, -0.1) is 0 Å². The van der Waals surface area contributed by atoms with Gasteiger partial charge < -0.3 is 9.67 Å². The van der Waals surface area contributed by atoms with Crippen molar-refractivity contribution in [2.24, 2.45) is 0 Å². The van der Waals surface area contributed by atoms with E-state index in [4.69, 9.17) is 5.11 Å². The number of nitro groups is 1. The molecule has 1 aromatic rings. The van der Waals surface area contributed by atoms with E-state index in [1.807, 2.05) is 0 Å². The Morgan fingerprint density at radius 2 is 2.12 bits per heavy atom. The molecule has 9 heteroatoms. The van der Waals surface area contributed by atoms with Crippen LogP contribution in [0, 0.1) is 10.1 Å². The van der Waals surface area contributed by atoms with Crippen LogP contribution in [-0.4, -0.2) is 26.7 Å². The highest BCUT2D eigenvalue weighted by Crippen LogP contribution is 2.23. The van der Waals surface area contributed by atoms with E-state index in [0.29, 0.717) is 12.3 Å². The second-order valence-corrected chi connectivity index (χ2v) is 2.89. The Morgan fingerprint density at radius 3 is 2.50 bits per heavy atom. The van der Waals surface area contributed by atoms with Gasteiger partial charge in [-0.1, -0.05) is 0 Å². The molecular formula is C7H5F3N2O4. The van der Waals surface area contributed by atoms with E-state index >= 15 is 0 Å². The minimum Gasteiger partial charge on any atom is -0.477 e. The summed E-state index contributed by atoms with van der Waals surface area (Å²) < 4.78 is 36.3. The summed E-state index contributed by atoms with van der Waals surface area (Å²) in [5.41, 5.74) is -1.47. The van der Waals surface area contributed by atoms with Crippen molar-refractivity contribution in [3.63, 3.8) is 0 Å². The van der Waals surface area contributed by atoms with Crippen LogP contribution in [0.1, 0.15) is 10.5 Å². The van der Waals surface area contributed by atoms with Gasteiger partial charge in [0, 0.05) is 6.07 Å². The molecule has 0 aliphatic heterocycles. The number of aromatic nitrogens is 1. The average molecular weight is 238 g/mol. The summed E-state index contributed by atoms with van der Waals surface area (Å²) in [5, 5.41) is 18.8. The van der Waals surface area contributed by atoms with Gasteiger partial charge in [-0.25, -0.2) is 4.79 Å². The monoisotopic (exact) mass is 238 g/mol. The third-order valence-electron chi connectivity index (χ3n) is 1.66. The van der Waals surface area contributed by atoms with Crippen LogP contribution in [0.5, 0.6) is 0 Å². The van der Waals surface area contributed by atoms with Gasteiger partial charge in [-0.3, -0.25) is 10.1 Å². The second kappa shape index (κ2) is 3.83. The molecule has 0 fully saturated rings. The number of aromatic carboxylic acids is 1. The number of halogens is 3. The normalized spacial score (nSPS) is 11.4. The van der Waals surface area contributed by atoms with Crippen LogP contribution in [0.4, 0.5) is 18.9 Å². The second-order valence-electron chi connectivity index (χ2n) is 2.89. The van der Waals surface area contributed by atoms with E-state index in [1.54, 1.807) is 0 Å². The fourth-order valence-corrected chi connectivity index (χ4v) is 1.10. The Balaban J connectivity index is 3.15. The van der Waals surface area contributed by atoms with Crippen LogP contribution in [-0.2, 0) is 6.54 Å². The van der Waals surface area contributed by atoms with E-state index in [-0.39, 0.29) is 4.57 Å². The average Bonchev–Trinajstić information content (AvgIpc) is 2.44. The van der Waals surface area contributed by atoms with Crippen LogP contribution in [0.25, 0.3) is 0 Å². The molecule has 0 saturated carbocycles. The molecule has 0 radical (unpaired) electrons. The predicted molar refractivity (Wildman–Crippen MR) is 44.1 cm³/mol. The Kier molecular flexibility index (Phi) is 2.88. The zero-order valence-electron chi connectivity index (χ0n) is 7.56. The molecule has 16 heavy (non-hydrogen) atoms. The Morgan fingerprint density at radius 1 is 1.56 bits per heavy atom. The largest absolute Gasteiger partial charge is 0.477 e. The summed E-state index contributed by atoms with van der Waals surface area (Å²) in [7, 11) is 0. The highest BCUT2D eigenvalue weighted by Gasteiger charge is 2.31. The number of carboxylic acids is 1. The molecule has 6 nitrogen and oxygen atoms in total. The van der Waals surface area contributed by atoms with Crippen molar-refractivity contribution in [3.05, 3.63) is 28.1 Å². The van der Waals surface area contributed by atoms with Gasteiger partial charge in [0.1, 0.15) is 12.2 Å². The first kappa shape index (κ1) is 12.0. The van der Waals surface area contributed by atoms with Gasteiger partial charge in [0.15, 0.2) is 0 Å². The first-order valence-electron chi connectivity index (χ1n) is 3.85. The molecule has 0 aromatic carbocycles. The number of alkyl halides is 3. The minimum atomic E-state index is -4.64. The molecule has 1 rings (SSSR count). The third-order valence-corrected chi connectivity index (χ3v) is 1.66. The molecular weight excluding hydrogens is 233 g/mol. The van der Waals surface area contributed by atoms with Crippen molar-refractivity contribution in [2.75, 3.05) is 0 Å². The zero-order chi connectivity index (χ0) is 12.5. The number of rotatable bonds is 3. The lowest BCUT2D eigenvalue weighted by Gasteiger charge is -2.08. The molecule has 0 amide bonds. The maximum atomic E-state index is 12.0. The highest BCUT2D eigenvalue weighted by molar-refractivity contribution is 5.86. The van der Waals surface area contributed by atoms with Gasteiger partial charge >= 0.3 is 12.1 Å². The number of nitrogens with zero attached hydrogens (tertiary/aromatic N) is 2. The highest BCUT2D eigenvalue weighted by atomic mass is 19.4. The number of carboxylic acid groups (broad SMARTS) is 1. The van der Waals surface area contributed by atoms with Crippen molar-refractivity contribution < 1.29 is 28.0 Å². The molecule has 0 saturated heterocycles. The van der Waals surface area contributed by atoms with Crippen LogP contribution < -0.4 is 0 Å². The minimum absolute atomic E-state index is 0.278. The molecule has 1 heterocycles. The Hall–Kier alpha value is -2.06. The summed E-state index contributed by atoms with van der Waals surface area (Å²) in [5.74, 6) is -1.66. The smallest absolute Gasteiger partial charge is 0.406 e. The third kappa shape index (κ3) is 2.72. The van der Waals surface area contributed by atoms with Gasteiger partial charge in [-0.05, 0) is 0 Å². The molecule has 1 aromatic heterocycles. The van der Waals surface area contributed by atoms with Crippen molar-refractivity contribution in [1.82, 2.24) is 4.57 Å². The fraction of sp³-hybridized carbons (Fsp3) is 0.286. The summed E-state index contributed by atoms with van der Waals surface area (Å²) in [4.78, 5) is 19.8. The predicted octanol–water partition coefficient (Wildman–Crippen LogP) is 1.66. The summed E-state index contributed by atoms with van der Waals surface area (Å²) in [6, 6.07) is 0.577. The zero-order valence-corrected chi connectivity index (χ0v) is 7.56. The molecule has 0 spiro atoms. The molecule has 0 atom stereocenters. The molecule has 0 aliphatic carbocycles. The van der Waals surface area contributed by atoms with Crippen molar-refractivity contribution in [1.29, 1.82) is 0 Å². The van der Waals surface area contributed by atoms with Gasteiger partial charge in [0.25, 0.3) is 5.69 Å². The molecule has 1 N–H and O–H groups in total. The van der Waals surface area contributed by atoms with E-state index in [9.17, 15) is 28.1 Å². The first-order valence-corrected chi connectivity index (χ1v) is 3.85. The Bertz CT molecular complexity index is 437. The number of carbonyl (C=O) groups is 1. The lowest BCUT2D eigenvalue weighted by Crippen LogP contribution is -2.20. The number of hydrogen-bond acceptors (Lipinski definition) is 3. The standard InChI is InChI=1S/C7H5F3N2O4/c8-7(9,10)3-11-2-4(12(15)16)1-5(11)6(13)14/h1-2H,3H2,(H,13,14). The summed E-state index contributed by atoms with van der Waals surface area (Å²) >= 11 is 0. The van der Waals surface area contributed by atoms with Crippen LogP contribution in [0.15, 0.2) is 12.3 Å². The maximum absolute atomic E-state index is 12.0. The summed E-state index contributed by atoms with van der Waals surface area (Å²) in [6.07, 6.45) is -4.10. The lowest BCUT2D eigenvalue weighted by atomic mass is 10.4. The van der Waals surface area contributed by atoms with Crippen LogP contribution in [0.3, 0.4) is 0 Å². The number of hydrogen-bond donors (Lipinski definition) is 1. The van der Waals surface area contributed by atoms with Crippen molar-refractivity contribution >= 4 is 11.7 Å². The SMILES string of the molecule is O=C(O)c1cc([N+](=O)[O-])cn1CC(F)(F)F. The molecule has 88 valence electrons. The van der Waals surface area contributed by atoms with E-state index < -0.39 is 35.0 Å². The summed E-state index contributed by atoms with van der Waals surface area (Å²) in [6.45, 7) is -1.58. The van der Waals surface area contributed by atoms with Crippen LogP contribution >= 0.6 is 0 Å². The van der Waals surface area contributed by atoms with Crippen molar-refractivity contribution in [2.45, 2.75) is 12.7 Å². The van der Waals surface area contributed by atoms with Crippen molar-refractivity contribution in [3.8, 4) is 0 Å². The molecule has 0 unspecified atom stereocenters. The Labute approximate surface area is 86.1 Å². The quantitative estimate of drug-likeness (QED) is 0.640. The van der Waals surface area contributed by atoms with E-state index in [0.717, 1.165) is 0 Å². The lowest BCUT2D eigenvalue weighted by molar-refractivity contribution is -0.384. The first-order chi connectivity index (χ1) is 7.20. The van der Waals surface area contributed by atoms with E-state index in [1.165, 1.54) is 0 Å². The maximum Gasteiger partial charge on any atom is 0.406 e. The van der Waals surface area contributed by atoms with Crippen LogP contribution in [0.2, 0.25) is 0 Å².